The second-order valence-corrected chi connectivity index (χ2v) is 5.60. The second kappa shape index (κ2) is 5.73. The van der Waals surface area contributed by atoms with E-state index in [0.717, 1.165) is 25.0 Å². The number of rotatable bonds is 2. The van der Waals surface area contributed by atoms with Gasteiger partial charge in [0, 0.05) is 16.5 Å². The van der Waals surface area contributed by atoms with Crippen molar-refractivity contribution in [3.8, 4) is 11.8 Å². The van der Waals surface area contributed by atoms with Crippen LogP contribution >= 0.6 is 11.6 Å². The molecule has 1 atom stereocenters. The molecule has 1 fully saturated rings. The van der Waals surface area contributed by atoms with Gasteiger partial charge in [0.05, 0.1) is 5.70 Å². The van der Waals surface area contributed by atoms with Crippen LogP contribution in [0.3, 0.4) is 0 Å². The van der Waals surface area contributed by atoms with Crippen molar-refractivity contribution in [3.05, 3.63) is 35.0 Å². The Morgan fingerprint density at radius 3 is 2.64 bits per heavy atom. The first-order valence-corrected chi connectivity index (χ1v) is 6.88. The SMILES string of the molecule is C=CC1=C(/C=C(\C)Cl)[C@@](C#CC2CC2)(C(F)(F)F)OC(=O)N1. The number of ether oxygens (including phenoxy) is 1. The first-order chi connectivity index (χ1) is 10.2. The minimum Gasteiger partial charge on any atom is -0.415 e. The molecular formula is C15H13ClF3NO2. The van der Waals surface area contributed by atoms with Crippen LogP contribution in [0.15, 0.2) is 35.0 Å². The van der Waals surface area contributed by atoms with E-state index in [9.17, 15) is 18.0 Å². The lowest BCUT2D eigenvalue weighted by atomic mass is 9.89. The number of hydrogen-bond donors (Lipinski definition) is 1. The maximum absolute atomic E-state index is 13.7. The third kappa shape index (κ3) is 3.14. The molecule has 0 saturated heterocycles. The van der Waals surface area contributed by atoms with Crippen LogP contribution < -0.4 is 5.32 Å². The summed E-state index contributed by atoms with van der Waals surface area (Å²) in [5.74, 6) is 4.55. The molecule has 7 heteroatoms. The minimum atomic E-state index is -4.92. The maximum Gasteiger partial charge on any atom is 0.445 e. The second-order valence-electron chi connectivity index (χ2n) is 5.00. The Balaban J connectivity index is 2.70. The number of cyclic esters (lactones) is 1. The zero-order valence-electron chi connectivity index (χ0n) is 11.7. The van der Waals surface area contributed by atoms with Gasteiger partial charge in [0.15, 0.2) is 0 Å². The van der Waals surface area contributed by atoms with Crippen molar-refractivity contribution >= 4 is 17.7 Å². The fourth-order valence-electron chi connectivity index (χ4n) is 1.93. The third-order valence-electron chi connectivity index (χ3n) is 3.13. The molecule has 1 heterocycles. The third-order valence-corrected chi connectivity index (χ3v) is 3.24. The van der Waals surface area contributed by atoms with Crippen LogP contribution in [0.2, 0.25) is 0 Å². The number of alkyl halides is 3. The highest BCUT2D eigenvalue weighted by atomic mass is 35.5. The van der Waals surface area contributed by atoms with E-state index in [2.05, 4.69) is 28.5 Å². The van der Waals surface area contributed by atoms with Gasteiger partial charge in [0.2, 0.25) is 0 Å². The molecule has 0 unspecified atom stereocenters. The van der Waals surface area contributed by atoms with Gasteiger partial charge >= 0.3 is 12.3 Å². The van der Waals surface area contributed by atoms with Crippen LogP contribution in [0, 0.1) is 17.8 Å². The van der Waals surface area contributed by atoms with E-state index in [4.69, 9.17) is 11.6 Å². The number of nitrogens with one attached hydrogen (secondary N) is 1. The van der Waals surface area contributed by atoms with Crippen LogP contribution in [-0.4, -0.2) is 17.9 Å². The van der Waals surface area contributed by atoms with Crippen molar-refractivity contribution in [3.63, 3.8) is 0 Å². The molecule has 1 saturated carbocycles. The number of alkyl carbamates (subject to hydrolysis) is 1. The summed E-state index contributed by atoms with van der Waals surface area (Å²) in [4.78, 5) is 11.5. The summed E-state index contributed by atoms with van der Waals surface area (Å²) in [7, 11) is 0. The lowest BCUT2D eigenvalue weighted by molar-refractivity contribution is -0.220. The van der Waals surface area contributed by atoms with Crippen LogP contribution in [0.4, 0.5) is 18.0 Å². The van der Waals surface area contributed by atoms with Crippen LogP contribution in [-0.2, 0) is 4.74 Å². The number of carbonyl (C=O) groups excluding carboxylic acids is 1. The fraction of sp³-hybridized carbons (Fsp3) is 0.400. The standard InChI is InChI=1S/C15H13ClF3NO2/c1-3-12-11(8-9(2)16)14(15(17,18)19,22-13(21)20-12)7-6-10-4-5-10/h3,8,10H,1,4-5H2,2H3,(H,20,21)/b9-8+/t14-/m0/s1. The van der Waals surface area contributed by atoms with Crippen molar-refractivity contribution < 1.29 is 22.7 Å². The van der Waals surface area contributed by atoms with E-state index in [1.807, 2.05) is 0 Å². The first-order valence-electron chi connectivity index (χ1n) is 6.50. The topological polar surface area (TPSA) is 38.3 Å². The summed E-state index contributed by atoms with van der Waals surface area (Å²) in [6.45, 7) is 4.83. The summed E-state index contributed by atoms with van der Waals surface area (Å²) in [5.41, 5.74) is -3.55. The number of hydrogen-bond acceptors (Lipinski definition) is 2. The van der Waals surface area contributed by atoms with Crippen molar-refractivity contribution in [2.24, 2.45) is 5.92 Å². The Bertz CT molecular complexity index is 631. The molecule has 0 spiro atoms. The normalized spacial score (nSPS) is 25.9. The Hall–Kier alpha value is -1.87. The summed E-state index contributed by atoms with van der Waals surface area (Å²) in [6, 6.07) is 0. The monoisotopic (exact) mass is 331 g/mol. The van der Waals surface area contributed by atoms with Gasteiger partial charge in [-0.2, -0.15) is 13.2 Å². The average Bonchev–Trinajstić information content (AvgIpc) is 3.20. The largest absolute Gasteiger partial charge is 0.445 e. The van der Waals surface area contributed by atoms with E-state index in [-0.39, 0.29) is 22.2 Å². The number of halogens is 4. The first kappa shape index (κ1) is 16.5. The van der Waals surface area contributed by atoms with Gasteiger partial charge < -0.3 is 4.74 Å². The summed E-state index contributed by atoms with van der Waals surface area (Å²) < 4.78 is 45.7. The van der Waals surface area contributed by atoms with Crippen LogP contribution in [0.5, 0.6) is 0 Å². The molecule has 2 aliphatic rings. The molecule has 0 aromatic carbocycles. The molecule has 1 N–H and O–H groups in total. The zero-order valence-corrected chi connectivity index (χ0v) is 12.4. The molecule has 22 heavy (non-hydrogen) atoms. The van der Waals surface area contributed by atoms with Gasteiger partial charge in [-0.15, -0.1) is 0 Å². The highest BCUT2D eigenvalue weighted by Crippen LogP contribution is 2.44. The zero-order chi connectivity index (χ0) is 16.5. The van der Waals surface area contributed by atoms with Gasteiger partial charge in [-0.05, 0) is 37.8 Å². The van der Waals surface area contributed by atoms with E-state index in [0.29, 0.717) is 0 Å². The lowest BCUT2D eigenvalue weighted by Gasteiger charge is -2.36. The van der Waals surface area contributed by atoms with Gasteiger partial charge in [-0.25, -0.2) is 4.79 Å². The Kier molecular flexibility index (Phi) is 4.30. The smallest absolute Gasteiger partial charge is 0.415 e. The molecule has 1 aliphatic heterocycles. The summed E-state index contributed by atoms with van der Waals surface area (Å²) in [5, 5.41) is 2.27. The summed E-state index contributed by atoms with van der Waals surface area (Å²) >= 11 is 5.73. The molecule has 0 aromatic heterocycles. The minimum absolute atomic E-state index is 0.0935. The summed E-state index contributed by atoms with van der Waals surface area (Å²) in [6.07, 6.45) is -2.49. The number of allylic oxidation sites excluding steroid dienone is 2. The van der Waals surface area contributed by atoms with E-state index < -0.39 is 17.9 Å². The number of carbonyl (C=O) groups is 1. The van der Waals surface area contributed by atoms with E-state index in [1.165, 1.54) is 6.92 Å². The lowest BCUT2D eigenvalue weighted by Crippen LogP contribution is -2.55. The highest BCUT2D eigenvalue weighted by molar-refractivity contribution is 6.29. The van der Waals surface area contributed by atoms with Crippen molar-refractivity contribution in [2.45, 2.75) is 31.5 Å². The fourth-order valence-corrected chi connectivity index (χ4v) is 2.04. The van der Waals surface area contributed by atoms with Crippen molar-refractivity contribution in [1.29, 1.82) is 0 Å². The van der Waals surface area contributed by atoms with E-state index in [1.54, 1.807) is 0 Å². The van der Waals surface area contributed by atoms with Crippen molar-refractivity contribution in [2.75, 3.05) is 0 Å². The quantitative estimate of drug-likeness (QED) is 0.776. The Morgan fingerprint density at radius 1 is 1.55 bits per heavy atom. The predicted molar refractivity (Wildman–Crippen MR) is 75.7 cm³/mol. The molecule has 118 valence electrons. The van der Waals surface area contributed by atoms with Gasteiger partial charge in [0.25, 0.3) is 5.60 Å². The van der Waals surface area contributed by atoms with Crippen LogP contribution in [0.25, 0.3) is 0 Å². The maximum atomic E-state index is 13.7. The Morgan fingerprint density at radius 2 is 2.18 bits per heavy atom. The van der Waals surface area contributed by atoms with E-state index >= 15 is 0 Å². The molecule has 3 nitrogen and oxygen atoms in total. The molecule has 2 rings (SSSR count). The Labute approximate surface area is 130 Å². The molecule has 0 radical (unpaired) electrons. The average molecular weight is 332 g/mol. The molecular weight excluding hydrogens is 319 g/mol. The molecule has 1 aliphatic carbocycles. The molecule has 0 bridgehead atoms. The highest BCUT2D eigenvalue weighted by Gasteiger charge is 2.62. The molecule has 0 aromatic rings. The number of amides is 1. The van der Waals surface area contributed by atoms with Crippen LogP contribution in [0.1, 0.15) is 19.8 Å². The van der Waals surface area contributed by atoms with Gasteiger partial charge in [-0.3, -0.25) is 5.32 Å². The van der Waals surface area contributed by atoms with Gasteiger partial charge in [0.1, 0.15) is 0 Å². The molecule has 1 amide bonds. The van der Waals surface area contributed by atoms with Crippen molar-refractivity contribution in [1.82, 2.24) is 5.32 Å². The predicted octanol–water partition coefficient (Wildman–Crippen LogP) is 4.02. The van der Waals surface area contributed by atoms with Gasteiger partial charge in [-0.1, -0.05) is 24.1 Å².